The largest absolute Gasteiger partial charge is 0.485 e. The van der Waals surface area contributed by atoms with Crippen LogP contribution >= 0.6 is 0 Å². The van der Waals surface area contributed by atoms with Crippen LogP contribution in [0.25, 0.3) is 0 Å². The summed E-state index contributed by atoms with van der Waals surface area (Å²) in [4.78, 5) is 12.3. The Bertz CT molecular complexity index is 495. The fourth-order valence-electron chi connectivity index (χ4n) is 2.26. The van der Waals surface area contributed by atoms with Crippen molar-refractivity contribution in [2.45, 2.75) is 39.3 Å². The van der Waals surface area contributed by atoms with Crippen LogP contribution in [0.5, 0.6) is 11.5 Å². The van der Waals surface area contributed by atoms with Crippen LogP contribution in [0.1, 0.15) is 27.2 Å². The lowest BCUT2D eigenvalue weighted by Gasteiger charge is -2.33. The van der Waals surface area contributed by atoms with Crippen LogP contribution in [-0.2, 0) is 4.79 Å². The lowest BCUT2D eigenvalue weighted by Crippen LogP contribution is -2.51. The van der Waals surface area contributed by atoms with Crippen molar-refractivity contribution in [3.8, 4) is 11.5 Å². The zero-order valence-corrected chi connectivity index (χ0v) is 12.8. The molecule has 1 aliphatic heterocycles. The van der Waals surface area contributed by atoms with Gasteiger partial charge in [0.15, 0.2) is 11.5 Å². The third kappa shape index (κ3) is 3.88. The molecule has 5 heteroatoms. The van der Waals surface area contributed by atoms with Crippen molar-refractivity contribution in [1.82, 2.24) is 5.32 Å². The van der Waals surface area contributed by atoms with E-state index in [0.29, 0.717) is 17.9 Å². The molecule has 5 nitrogen and oxygen atoms in total. The Morgan fingerprint density at radius 3 is 2.67 bits per heavy atom. The van der Waals surface area contributed by atoms with Crippen LogP contribution in [-0.4, -0.2) is 36.4 Å². The minimum atomic E-state index is -0.663. The number of hydrogen-bond donors (Lipinski definition) is 2. The summed E-state index contributed by atoms with van der Waals surface area (Å²) in [5, 5.41) is 12.1. The van der Waals surface area contributed by atoms with Crippen molar-refractivity contribution in [2.75, 3.05) is 13.2 Å². The Kier molecular flexibility index (Phi) is 4.73. The monoisotopic (exact) mass is 293 g/mol. The Balaban J connectivity index is 2.01. The number of para-hydroxylation sites is 2. The Labute approximate surface area is 125 Å². The van der Waals surface area contributed by atoms with E-state index in [1.165, 1.54) is 0 Å². The maximum Gasteiger partial charge on any atom is 0.264 e. The van der Waals surface area contributed by atoms with Crippen molar-refractivity contribution in [2.24, 2.45) is 5.41 Å². The molecule has 2 atom stereocenters. The summed E-state index contributed by atoms with van der Waals surface area (Å²) in [7, 11) is 0. The summed E-state index contributed by atoms with van der Waals surface area (Å²) in [6, 6.07) is 7.18. The van der Waals surface area contributed by atoms with Gasteiger partial charge in [0, 0.05) is 12.6 Å². The lowest BCUT2D eigenvalue weighted by molar-refractivity contribution is -0.132. The highest BCUT2D eigenvalue weighted by Crippen LogP contribution is 2.31. The van der Waals surface area contributed by atoms with Gasteiger partial charge in [0.25, 0.3) is 5.91 Å². The smallest absolute Gasteiger partial charge is 0.264 e. The first-order valence-corrected chi connectivity index (χ1v) is 7.21. The van der Waals surface area contributed by atoms with Gasteiger partial charge in [0.05, 0.1) is 0 Å². The third-order valence-electron chi connectivity index (χ3n) is 3.58. The van der Waals surface area contributed by atoms with Crippen molar-refractivity contribution in [3.05, 3.63) is 24.3 Å². The van der Waals surface area contributed by atoms with Gasteiger partial charge >= 0.3 is 0 Å². The van der Waals surface area contributed by atoms with Crippen molar-refractivity contribution >= 4 is 5.91 Å². The molecule has 21 heavy (non-hydrogen) atoms. The predicted molar refractivity (Wildman–Crippen MR) is 79.4 cm³/mol. The molecule has 1 amide bonds. The van der Waals surface area contributed by atoms with Crippen molar-refractivity contribution in [1.29, 1.82) is 0 Å². The second kappa shape index (κ2) is 6.35. The first-order valence-electron chi connectivity index (χ1n) is 7.21. The number of nitrogens with one attached hydrogen (secondary N) is 1. The highest BCUT2D eigenvalue weighted by molar-refractivity contribution is 5.82. The fourth-order valence-corrected chi connectivity index (χ4v) is 2.26. The van der Waals surface area contributed by atoms with Gasteiger partial charge in [-0.3, -0.25) is 4.79 Å². The standard InChI is InChI=1S/C16H23NO4/c1-16(2,3)14(8-9-18)17-15(19)13-10-20-11-6-4-5-7-12(11)21-13/h4-7,13-14,18H,8-10H2,1-3H3,(H,17,19). The van der Waals surface area contributed by atoms with Crippen LogP contribution in [0.15, 0.2) is 24.3 Å². The number of amides is 1. The first kappa shape index (κ1) is 15.6. The van der Waals surface area contributed by atoms with Crippen LogP contribution in [0.2, 0.25) is 0 Å². The normalized spacial score (nSPS) is 19.0. The zero-order valence-electron chi connectivity index (χ0n) is 12.8. The number of fused-ring (bicyclic) bond motifs is 1. The van der Waals surface area contributed by atoms with Crippen LogP contribution in [0.3, 0.4) is 0 Å². The molecule has 2 unspecified atom stereocenters. The fraction of sp³-hybridized carbons (Fsp3) is 0.562. The Morgan fingerprint density at radius 1 is 1.38 bits per heavy atom. The molecule has 1 aromatic rings. The van der Waals surface area contributed by atoms with E-state index in [0.717, 1.165) is 0 Å². The van der Waals surface area contributed by atoms with E-state index in [4.69, 9.17) is 14.6 Å². The van der Waals surface area contributed by atoms with Gasteiger partial charge in [0.1, 0.15) is 6.61 Å². The molecule has 0 aromatic heterocycles. The molecule has 1 aliphatic rings. The van der Waals surface area contributed by atoms with Crippen molar-refractivity contribution < 1.29 is 19.4 Å². The second-order valence-electron chi connectivity index (χ2n) is 6.30. The molecule has 2 N–H and O–H groups in total. The van der Waals surface area contributed by atoms with Gasteiger partial charge in [-0.2, -0.15) is 0 Å². The number of ether oxygens (including phenoxy) is 2. The van der Waals surface area contributed by atoms with Gasteiger partial charge in [-0.1, -0.05) is 32.9 Å². The number of aliphatic hydroxyl groups is 1. The van der Waals surface area contributed by atoms with E-state index in [2.05, 4.69) is 5.32 Å². The highest BCUT2D eigenvalue weighted by Gasteiger charge is 2.32. The average Bonchev–Trinajstić information content (AvgIpc) is 2.45. The van der Waals surface area contributed by atoms with E-state index >= 15 is 0 Å². The highest BCUT2D eigenvalue weighted by atomic mass is 16.6. The van der Waals surface area contributed by atoms with Gasteiger partial charge in [-0.05, 0) is 24.0 Å². The van der Waals surface area contributed by atoms with E-state index in [1.54, 1.807) is 6.07 Å². The number of hydrogen-bond acceptors (Lipinski definition) is 4. The average molecular weight is 293 g/mol. The van der Waals surface area contributed by atoms with Crippen LogP contribution in [0, 0.1) is 5.41 Å². The molecular weight excluding hydrogens is 270 g/mol. The molecule has 0 bridgehead atoms. The number of carbonyl (C=O) groups is 1. The molecule has 0 spiro atoms. The Hall–Kier alpha value is -1.75. The molecule has 0 radical (unpaired) electrons. The van der Waals surface area contributed by atoms with E-state index in [9.17, 15) is 4.79 Å². The molecule has 0 saturated carbocycles. The van der Waals surface area contributed by atoms with Gasteiger partial charge < -0.3 is 19.9 Å². The summed E-state index contributed by atoms with van der Waals surface area (Å²) >= 11 is 0. The summed E-state index contributed by atoms with van der Waals surface area (Å²) in [6.45, 7) is 6.31. The lowest BCUT2D eigenvalue weighted by atomic mass is 9.85. The molecule has 0 aliphatic carbocycles. The van der Waals surface area contributed by atoms with Gasteiger partial charge in [0.2, 0.25) is 6.10 Å². The summed E-state index contributed by atoms with van der Waals surface area (Å²) in [5.41, 5.74) is -0.133. The zero-order chi connectivity index (χ0) is 15.5. The van der Waals surface area contributed by atoms with Gasteiger partial charge in [-0.25, -0.2) is 0 Å². The molecule has 1 aromatic carbocycles. The minimum Gasteiger partial charge on any atom is -0.485 e. The number of rotatable bonds is 4. The first-order chi connectivity index (χ1) is 9.91. The Morgan fingerprint density at radius 2 is 2.05 bits per heavy atom. The summed E-state index contributed by atoms with van der Waals surface area (Å²) in [6.07, 6.45) is -0.150. The minimum absolute atomic E-state index is 0.0348. The third-order valence-corrected chi connectivity index (χ3v) is 3.58. The molecule has 0 fully saturated rings. The molecule has 1 heterocycles. The molecular formula is C16H23NO4. The molecule has 0 saturated heterocycles. The number of aliphatic hydroxyl groups excluding tert-OH is 1. The van der Waals surface area contributed by atoms with Crippen LogP contribution < -0.4 is 14.8 Å². The second-order valence-corrected chi connectivity index (χ2v) is 6.30. The summed E-state index contributed by atoms with van der Waals surface area (Å²) in [5.74, 6) is 1.03. The molecule has 116 valence electrons. The maximum absolute atomic E-state index is 12.3. The number of benzene rings is 1. The predicted octanol–water partition coefficient (Wildman–Crippen LogP) is 1.74. The SMILES string of the molecule is CC(C)(C)C(CCO)NC(=O)C1COc2ccccc2O1. The maximum atomic E-state index is 12.3. The topological polar surface area (TPSA) is 67.8 Å². The van der Waals surface area contributed by atoms with Crippen LogP contribution in [0.4, 0.5) is 0 Å². The quantitative estimate of drug-likeness (QED) is 0.887. The van der Waals surface area contributed by atoms with E-state index in [1.807, 2.05) is 39.0 Å². The molecule has 2 rings (SSSR count). The van der Waals surface area contributed by atoms with E-state index in [-0.39, 0.29) is 30.6 Å². The van der Waals surface area contributed by atoms with Crippen molar-refractivity contribution in [3.63, 3.8) is 0 Å². The van der Waals surface area contributed by atoms with E-state index < -0.39 is 6.10 Å². The number of carbonyl (C=O) groups excluding carboxylic acids is 1. The van der Waals surface area contributed by atoms with Gasteiger partial charge in [-0.15, -0.1) is 0 Å². The summed E-state index contributed by atoms with van der Waals surface area (Å²) < 4.78 is 11.2.